The van der Waals surface area contributed by atoms with Gasteiger partial charge in [-0.25, -0.2) is 4.98 Å². The van der Waals surface area contributed by atoms with Crippen LogP contribution in [0, 0.1) is 0 Å². The maximum Gasteiger partial charge on any atom is 0.248 e. The lowest BCUT2D eigenvalue weighted by molar-refractivity contribution is -0.111. The SMILES string of the molecule is O=C(/C=C/c1cccc(OCc2ccccc2)c1)Nc1cccnc1Nc1ccc(O)cc1. The van der Waals surface area contributed by atoms with Gasteiger partial charge < -0.3 is 20.5 Å². The average molecular weight is 437 g/mol. The molecule has 0 bridgehead atoms. The van der Waals surface area contributed by atoms with Crippen molar-refractivity contribution in [3.63, 3.8) is 0 Å². The van der Waals surface area contributed by atoms with Crippen LogP contribution in [-0.4, -0.2) is 16.0 Å². The minimum Gasteiger partial charge on any atom is -0.508 e. The summed E-state index contributed by atoms with van der Waals surface area (Å²) in [6.45, 7) is 0.478. The van der Waals surface area contributed by atoms with Crippen molar-refractivity contribution in [1.29, 1.82) is 0 Å². The first-order valence-electron chi connectivity index (χ1n) is 10.4. The van der Waals surface area contributed by atoms with Gasteiger partial charge in [-0.1, -0.05) is 42.5 Å². The molecule has 1 heterocycles. The first-order chi connectivity index (χ1) is 16.2. The van der Waals surface area contributed by atoms with E-state index in [4.69, 9.17) is 4.74 Å². The number of aromatic hydroxyl groups is 1. The minimum absolute atomic E-state index is 0.176. The molecule has 33 heavy (non-hydrogen) atoms. The van der Waals surface area contributed by atoms with E-state index in [0.717, 1.165) is 22.6 Å². The number of anilines is 3. The lowest BCUT2D eigenvalue weighted by atomic mass is 10.2. The summed E-state index contributed by atoms with van der Waals surface area (Å²) >= 11 is 0. The second kappa shape index (κ2) is 10.6. The van der Waals surface area contributed by atoms with Crippen LogP contribution in [0.4, 0.5) is 17.2 Å². The fourth-order valence-electron chi connectivity index (χ4n) is 3.08. The summed E-state index contributed by atoms with van der Waals surface area (Å²) < 4.78 is 5.85. The van der Waals surface area contributed by atoms with E-state index in [1.54, 1.807) is 48.7 Å². The molecule has 1 aromatic heterocycles. The Morgan fingerprint density at radius 2 is 1.76 bits per heavy atom. The second-order valence-electron chi connectivity index (χ2n) is 7.24. The van der Waals surface area contributed by atoms with E-state index in [9.17, 15) is 9.90 Å². The largest absolute Gasteiger partial charge is 0.508 e. The van der Waals surface area contributed by atoms with Gasteiger partial charge in [0.2, 0.25) is 5.91 Å². The second-order valence-corrected chi connectivity index (χ2v) is 7.24. The van der Waals surface area contributed by atoms with E-state index in [-0.39, 0.29) is 11.7 Å². The first kappa shape index (κ1) is 21.6. The molecule has 3 aromatic carbocycles. The van der Waals surface area contributed by atoms with E-state index in [2.05, 4.69) is 15.6 Å². The topological polar surface area (TPSA) is 83.5 Å². The van der Waals surface area contributed by atoms with Crippen molar-refractivity contribution in [1.82, 2.24) is 4.98 Å². The molecule has 6 nitrogen and oxygen atoms in total. The lowest BCUT2D eigenvalue weighted by Crippen LogP contribution is -2.10. The Kier molecular flexibility index (Phi) is 6.98. The van der Waals surface area contributed by atoms with Gasteiger partial charge in [0, 0.05) is 18.0 Å². The van der Waals surface area contributed by atoms with Crippen molar-refractivity contribution in [2.45, 2.75) is 6.61 Å². The number of hydrogen-bond donors (Lipinski definition) is 3. The van der Waals surface area contributed by atoms with Gasteiger partial charge in [0.05, 0.1) is 5.69 Å². The summed E-state index contributed by atoms with van der Waals surface area (Å²) in [6.07, 6.45) is 4.83. The molecule has 0 radical (unpaired) electrons. The van der Waals surface area contributed by atoms with Gasteiger partial charge in [-0.15, -0.1) is 0 Å². The third kappa shape index (κ3) is 6.45. The summed E-state index contributed by atoms with van der Waals surface area (Å²) in [5.74, 6) is 1.12. The summed E-state index contributed by atoms with van der Waals surface area (Å²) in [5, 5.41) is 15.4. The Morgan fingerprint density at radius 3 is 2.58 bits per heavy atom. The van der Waals surface area contributed by atoms with Gasteiger partial charge in [0.15, 0.2) is 5.82 Å². The van der Waals surface area contributed by atoms with E-state index < -0.39 is 0 Å². The van der Waals surface area contributed by atoms with Gasteiger partial charge in [0.25, 0.3) is 0 Å². The molecule has 0 unspecified atom stereocenters. The van der Waals surface area contributed by atoms with Crippen LogP contribution < -0.4 is 15.4 Å². The predicted octanol–water partition coefficient (Wildman–Crippen LogP) is 5.76. The van der Waals surface area contributed by atoms with Gasteiger partial charge >= 0.3 is 0 Å². The smallest absolute Gasteiger partial charge is 0.248 e. The van der Waals surface area contributed by atoms with Crippen molar-refractivity contribution >= 4 is 29.2 Å². The zero-order valence-corrected chi connectivity index (χ0v) is 17.8. The normalized spacial score (nSPS) is 10.7. The van der Waals surface area contributed by atoms with Gasteiger partial charge in [-0.3, -0.25) is 4.79 Å². The molecule has 6 heteroatoms. The molecule has 0 saturated carbocycles. The van der Waals surface area contributed by atoms with Crippen molar-refractivity contribution in [3.05, 3.63) is 114 Å². The number of pyridine rings is 1. The van der Waals surface area contributed by atoms with Gasteiger partial charge in [-0.2, -0.15) is 0 Å². The van der Waals surface area contributed by atoms with Crippen molar-refractivity contribution in [2.24, 2.45) is 0 Å². The Morgan fingerprint density at radius 1 is 0.939 bits per heavy atom. The number of nitrogens with one attached hydrogen (secondary N) is 2. The molecule has 0 aliphatic carbocycles. The van der Waals surface area contributed by atoms with E-state index in [1.165, 1.54) is 6.08 Å². The number of aromatic nitrogens is 1. The molecule has 0 spiro atoms. The van der Waals surface area contributed by atoms with Gasteiger partial charge in [-0.05, 0) is 65.7 Å². The van der Waals surface area contributed by atoms with E-state index in [0.29, 0.717) is 18.1 Å². The molecule has 0 saturated heterocycles. The standard InChI is InChI=1S/C27H23N3O3/c31-23-14-12-22(13-15-23)29-27-25(10-5-17-28-27)30-26(32)16-11-20-8-4-9-24(18-20)33-19-21-6-2-1-3-7-21/h1-18,31H,19H2,(H,28,29)(H,30,32)/b16-11+. The van der Waals surface area contributed by atoms with Crippen LogP contribution in [0.15, 0.2) is 103 Å². The number of rotatable bonds is 8. The maximum absolute atomic E-state index is 12.5. The highest BCUT2D eigenvalue weighted by atomic mass is 16.5. The predicted molar refractivity (Wildman–Crippen MR) is 131 cm³/mol. The van der Waals surface area contributed by atoms with Crippen LogP contribution >= 0.6 is 0 Å². The molecule has 1 amide bonds. The Balaban J connectivity index is 1.38. The van der Waals surface area contributed by atoms with Crippen molar-refractivity contribution < 1.29 is 14.6 Å². The van der Waals surface area contributed by atoms with Crippen molar-refractivity contribution in [2.75, 3.05) is 10.6 Å². The van der Waals surface area contributed by atoms with E-state index in [1.807, 2.05) is 54.6 Å². The molecule has 3 N–H and O–H groups in total. The van der Waals surface area contributed by atoms with Crippen LogP contribution in [0.1, 0.15) is 11.1 Å². The summed E-state index contributed by atoms with van der Waals surface area (Å²) in [5.41, 5.74) is 3.22. The van der Waals surface area contributed by atoms with Gasteiger partial charge in [0.1, 0.15) is 18.1 Å². The first-order valence-corrected chi connectivity index (χ1v) is 10.4. The van der Waals surface area contributed by atoms with Crippen LogP contribution in [-0.2, 0) is 11.4 Å². The van der Waals surface area contributed by atoms with Crippen LogP contribution in [0.2, 0.25) is 0 Å². The number of ether oxygens (including phenoxy) is 1. The number of nitrogens with zero attached hydrogens (tertiary/aromatic N) is 1. The zero-order chi connectivity index (χ0) is 22.9. The zero-order valence-electron chi connectivity index (χ0n) is 17.8. The number of carbonyl (C=O) groups is 1. The Labute approximate surface area is 192 Å². The summed E-state index contributed by atoms with van der Waals surface area (Å²) in [6, 6.07) is 27.6. The van der Waals surface area contributed by atoms with E-state index >= 15 is 0 Å². The third-order valence-corrected chi connectivity index (χ3v) is 4.73. The maximum atomic E-state index is 12.5. The summed E-state index contributed by atoms with van der Waals surface area (Å²) in [7, 11) is 0. The molecular formula is C27H23N3O3. The quantitative estimate of drug-likeness (QED) is 0.241. The monoisotopic (exact) mass is 437 g/mol. The molecule has 164 valence electrons. The number of hydrogen-bond acceptors (Lipinski definition) is 5. The Bertz CT molecular complexity index is 1240. The number of phenolic OH excluding ortho intramolecular Hbond substituents is 1. The highest BCUT2D eigenvalue weighted by Crippen LogP contribution is 2.24. The molecule has 4 aromatic rings. The molecule has 0 fully saturated rings. The molecule has 0 aliphatic heterocycles. The number of amides is 1. The molecule has 0 atom stereocenters. The molecular weight excluding hydrogens is 414 g/mol. The minimum atomic E-state index is -0.285. The van der Waals surface area contributed by atoms with Crippen molar-refractivity contribution in [3.8, 4) is 11.5 Å². The lowest BCUT2D eigenvalue weighted by Gasteiger charge is -2.11. The number of carbonyl (C=O) groups excluding carboxylic acids is 1. The van der Waals surface area contributed by atoms with Crippen LogP contribution in [0.25, 0.3) is 6.08 Å². The third-order valence-electron chi connectivity index (χ3n) is 4.73. The fourth-order valence-corrected chi connectivity index (χ4v) is 3.08. The van der Waals surface area contributed by atoms with Crippen LogP contribution in [0.5, 0.6) is 11.5 Å². The fraction of sp³-hybridized carbons (Fsp3) is 0.0370. The average Bonchev–Trinajstić information content (AvgIpc) is 2.85. The highest BCUT2D eigenvalue weighted by Gasteiger charge is 2.06. The molecule has 4 rings (SSSR count). The Hall–Kier alpha value is -4.58. The summed E-state index contributed by atoms with van der Waals surface area (Å²) in [4.78, 5) is 16.8. The van der Waals surface area contributed by atoms with Crippen LogP contribution in [0.3, 0.4) is 0 Å². The number of benzene rings is 3. The number of phenols is 1. The molecule has 0 aliphatic rings. The highest BCUT2D eigenvalue weighted by molar-refractivity contribution is 6.03.